The van der Waals surface area contributed by atoms with E-state index in [1.807, 2.05) is 0 Å². The van der Waals surface area contributed by atoms with Gasteiger partial charge in [0.25, 0.3) is 5.56 Å². The van der Waals surface area contributed by atoms with Gasteiger partial charge in [0.15, 0.2) is 6.23 Å². The largest absolute Gasteiger partial charge is 0.461 e. The van der Waals surface area contributed by atoms with E-state index in [4.69, 9.17) is 9.47 Å². The summed E-state index contributed by atoms with van der Waals surface area (Å²) >= 11 is 0. The van der Waals surface area contributed by atoms with Crippen LogP contribution in [0.25, 0.3) is 0 Å². The molecule has 7 N–H and O–H groups in total. The van der Waals surface area contributed by atoms with Gasteiger partial charge in [0.05, 0.1) is 6.20 Å². The highest BCUT2D eigenvalue weighted by molar-refractivity contribution is 5.87. The molecule has 0 spiro atoms. The first-order valence-corrected chi connectivity index (χ1v) is 20.4. The fourth-order valence-electron chi connectivity index (χ4n) is 6.38. The summed E-state index contributed by atoms with van der Waals surface area (Å²) in [4.78, 5) is 126. The Kier molecular flexibility index (Phi) is 19.9. The molecule has 2 aromatic heterocycles. The molecule has 1 fully saturated rings. The van der Waals surface area contributed by atoms with Crippen LogP contribution >= 0.6 is 0 Å². The molecule has 5 atom stereocenters. The average molecular weight is 918 g/mol. The minimum atomic E-state index is -1.80. The molecule has 0 unspecified atom stereocenters. The highest BCUT2D eigenvalue weighted by Gasteiger charge is 2.45. The maximum Gasteiger partial charge on any atom is 0.336 e. The molecule has 2 aromatic rings. The summed E-state index contributed by atoms with van der Waals surface area (Å²) in [6, 6.07) is -1.28. The number of aliphatic hydroxyl groups is 2. The second-order valence-electron chi connectivity index (χ2n) is 15.3. The van der Waals surface area contributed by atoms with Crippen LogP contribution in [0.5, 0.6) is 0 Å². The average Bonchev–Trinajstić information content (AvgIpc) is 3.52. The number of nitrogens with one attached hydrogen (secondary N) is 2. The number of rotatable bonds is 24. The molecule has 0 aromatic carbocycles. The molecule has 26 nitrogen and oxygen atoms in total. The Balaban J connectivity index is 1.54. The fourth-order valence-corrected chi connectivity index (χ4v) is 6.38. The summed E-state index contributed by atoms with van der Waals surface area (Å²) in [5.74, 6) is -5.80. The second-order valence-corrected chi connectivity index (χ2v) is 15.3. The molecular weight excluding hydrogens is 861 g/mol. The third-order valence-corrected chi connectivity index (χ3v) is 10.1. The van der Waals surface area contributed by atoms with Gasteiger partial charge in [0.2, 0.25) is 29.4 Å². The SMILES string of the molecule is CC(=O)N(O)CCCCn1c(=O)n(CCCCN(O)C(C)=O)c(=O)n(CCCCN(O)C(=O)CCC(=O)N[C@H](C(=O)OC[C@H]2O[C@@H](n3cc(F)c(=O)[nH]c3=O)[C@H](O)[C@@H]2O)C(C)C)c1=O. The van der Waals surface area contributed by atoms with Gasteiger partial charge in [0, 0.05) is 66.0 Å². The van der Waals surface area contributed by atoms with Crippen LogP contribution in [0.1, 0.15) is 85.3 Å². The molecule has 3 rings (SSSR count). The number of aromatic nitrogens is 5. The van der Waals surface area contributed by atoms with E-state index in [2.05, 4.69) is 5.32 Å². The molecule has 0 radical (unpaired) electrons. The number of carbonyl (C=O) groups excluding carboxylic acids is 5. The van der Waals surface area contributed by atoms with Crippen molar-refractivity contribution < 1.29 is 63.7 Å². The Morgan fingerprint density at radius 3 is 1.69 bits per heavy atom. The maximum atomic E-state index is 13.8. The lowest BCUT2D eigenvalue weighted by Gasteiger charge is -2.22. The van der Waals surface area contributed by atoms with E-state index in [0.29, 0.717) is 26.0 Å². The zero-order valence-electron chi connectivity index (χ0n) is 35.8. The molecule has 0 saturated carbocycles. The number of carbonyl (C=O) groups is 5. The molecule has 358 valence electrons. The van der Waals surface area contributed by atoms with Gasteiger partial charge in [-0.1, -0.05) is 13.8 Å². The molecule has 4 amide bonds. The van der Waals surface area contributed by atoms with Gasteiger partial charge in [-0.15, -0.1) is 0 Å². The van der Waals surface area contributed by atoms with Crippen molar-refractivity contribution in [3.8, 4) is 0 Å². The van der Waals surface area contributed by atoms with E-state index in [0.717, 1.165) is 27.5 Å². The standard InChI is InChI=1S/C37H56FN9O17/c1-21(2)28(33(55)63-20-25-29(52)30(53)32(64-25)44-19-24(38)31(54)40-34(44)56)39-26(50)11-12-27(51)47(62)18-10-7-15-43-36(58)41(13-5-8-16-45(60)22(3)48)35(57)42(37(43)59)14-6-9-17-46(61)23(4)49/h19,21,25,28-30,32,52-53,60-62H,5-18,20H2,1-4H3,(H,39,50)(H,40,54,56)/t25-,28+,29-,30-,32-/m1/s1. The summed E-state index contributed by atoms with van der Waals surface area (Å²) in [5.41, 5.74) is -5.23. The minimum absolute atomic E-state index is 0.0468. The first-order valence-electron chi connectivity index (χ1n) is 20.4. The van der Waals surface area contributed by atoms with E-state index in [-0.39, 0.29) is 77.8 Å². The van der Waals surface area contributed by atoms with E-state index in [1.165, 1.54) is 0 Å². The third kappa shape index (κ3) is 14.3. The van der Waals surface area contributed by atoms with Crippen LogP contribution < -0.4 is 33.6 Å². The van der Waals surface area contributed by atoms with Crippen molar-refractivity contribution in [2.45, 2.75) is 129 Å². The van der Waals surface area contributed by atoms with Crippen molar-refractivity contribution in [3.63, 3.8) is 0 Å². The van der Waals surface area contributed by atoms with E-state index < -0.39 is 120 Å². The number of halogens is 1. The van der Waals surface area contributed by atoms with Crippen LogP contribution in [-0.2, 0) is 53.1 Å². The molecule has 1 saturated heterocycles. The van der Waals surface area contributed by atoms with Gasteiger partial charge in [-0.2, -0.15) is 4.39 Å². The van der Waals surface area contributed by atoms with Crippen molar-refractivity contribution in [1.82, 2.24) is 43.8 Å². The van der Waals surface area contributed by atoms with Gasteiger partial charge in [-0.25, -0.2) is 52.9 Å². The van der Waals surface area contributed by atoms with Gasteiger partial charge >= 0.3 is 28.7 Å². The summed E-state index contributed by atoms with van der Waals surface area (Å²) in [6.07, 6.45) is -6.25. The number of hydroxylamine groups is 6. The number of esters is 1. The van der Waals surface area contributed by atoms with Crippen molar-refractivity contribution >= 4 is 29.6 Å². The van der Waals surface area contributed by atoms with Crippen molar-refractivity contribution in [2.24, 2.45) is 5.92 Å². The smallest absolute Gasteiger partial charge is 0.336 e. The number of aromatic amines is 1. The molecule has 1 aliphatic rings. The minimum Gasteiger partial charge on any atom is -0.461 e. The molecule has 1 aliphatic heterocycles. The number of ether oxygens (including phenoxy) is 2. The van der Waals surface area contributed by atoms with Crippen molar-refractivity contribution in [2.75, 3.05) is 26.2 Å². The third-order valence-electron chi connectivity index (χ3n) is 10.1. The van der Waals surface area contributed by atoms with E-state index >= 15 is 0 Å². The molecule has 0 aliphatic carbocycles. The van der Waals surface area contributed by atoms with Crippen LogP contribution in [0.15, 0.2) is 30.2 Å². The number of hydrogen-bond donors (Lipinski definition) is 7. The molecule has 27 heteroatoms. The first kappa shape index (κ1) is 52.5. The van der Waals surface area contributed by atoms with Gasteiger partial charge < -0.3 is 25.0 Å². The zero-order chi connectivity index (χ0) is 48.0. The van der Waals surface area contributed by atoms with Crippen LogP contribution in [0.3, 0.4) is 0 Å². The van der Waals surface area contributed by atoms with E-state index in [1.54, 1.807) is 18.8 Å². The second kappa shape index (κ2) is 24.3. The lowest BCUT2D eigenvalue weighted by atomic mass is 10.0. The predicted molar refractivity (Wildman–Crippen MR) is 213 cm³/mol. The highest BCUT2D eigenvalue weighted by atomic mass is 19.1. The lowest BCUT2D eigenvalue weighted by Crippen LogP contribution is -2.54. The van der Waals surface area contributed by atoms with Crippen LogP contribution in [0, 0.1) is 11.7 Å². The van der Waals surface area contributed by atoms with Gasteiger partial charge in [-0.3, -0.25) is 49.1 Å². The number of H-pyrrole nitrogens is 1. The van der Waals surface area contributed by atoms with Crippen molar-refractivity contribution in [3.05, 3.63) is 64.3 Å². The Morgan fingerprint density at radius 1 is 0.766 bits per heavy atom. The Bertz CT molecular complexity index is 2210. The van der Waals surface area contributed by atoms with Crippen LogP contribution in [0.4, 0.5) is 4.39 Å². The maximum absolute atomic E-state index is 13.8. The van der Waals surface area contributed by atoms with Gasteiger partial charge in [-0.05, 0) is 44.4 Å². The topological polar surface area (TPSA) is 348 Å². The molecule has 3 heterocycles. The monoisotopic (exact) mass is 917 g/mol. The first-order chi connectivity index (χ1) is 30.1. The fraction of sp³-hybridized carbons (Fsp3) is 0.676. The van der Waals surface area contributed by atoms with E-state index in [9.17, 15) is 78.2 Å². The number of amides is 4. The Morgan fingerprint density at radius 2 is 1.23 bits per heavy atom. The molecular formula is C37H56FN9O17. The number of nitrogens with zero attached hydrogens (tertiary/aromatic N) is 7. The summed E-state index contributed by atoms with van der Waals surface area (Å²) in [7, 11) is 0. The van der Waals surface area contributed by atoms with Crippen LogP contribution in [-0.4, -0.2) is 144 Å². The molecule has 64 heavy (non-hydrogen) atoms. The Hall–Kier alpha value is -5.87. The highest BCUT2D eigenvalue weighted by Crippen LogP contribution is 2.28. The van der Waals surface area contributed by atoms with Crippen molar-refractivity contribution in [1.29, 1.82) is 0 Å². The number of hydrogen-bond acceptors (Lipinski definition) is 17. The predicted octanol–water partition coefficient (Wildman–Crippen LogP) is -3.02. The molecule has 0 bridgehead atoms. The zero-order valence-corrected chi connectivity index (χ0v) is 35.8. The number of aliphatic hydroxyl groups excluding tert-OH is 2. The summed E-state index contributed by atoms with van der Waals surface area (Å²) in [6.45, 7) is 3.76. The number of unbranched alkanes of at least 4 members (excludes halogenated alkanes) is 3. The van der Waals surface area contributed by atoms with Crippen LogP contribution in [0.2, 0.25) is 0 Å². The Labute approximate surface area is 362 Å². The summed E-state index contributed by atoms with van der Waals surface area (Å²) in [5, 5.41) is 54.1. The normalized spacial score (nSPS) is 17.5. The summed E-state index contributed by atoms with van der Waals surface area (Å²) < 4.78 is 27.4. The lowest BCUT2D eigenvalue weighted by molar-refractivity contribution is -0.166. The van der Waals surface area contributed by atoms with Gasteiger partial charge in [0.1, 0.15) is 31.0 Å². The quantitative estimate of drug-likeness (QED) is 0.0238.